The molecule has 5 heterocycles. The molecule has 0 amide bonds. The minimum atomic E-state index is -5.87. The molecular formula is C32H56FeN8O12S4. The standard InChI is InChI=1S/C32H56N8O12S4.Fe/c41-53(42,43)21-19-20(22(54(44,45)46)24(56(50,51)52)23(21)55(47,48)49)32-39-30-18-12-6-4-10-16(18)28(37-30)35-26-14-8-2-1-7-13(14)25(33-26)34-27-15-9-3-5-11-17(15)29(36-27)38-31(19)40-32;/h13-40H,1-12H2,(H,41,42,43)(H,44,45,46)(H,47,48,49)(H,50,51,52);. The van der Waals surface area contributed by atoms with E-state index in [1.807, 2.05) is 0 Å². The first-order valence-electron chi connectivity index (χ1n) is 20.2. The van der Waals surface area contributed by atoms with Crippen LogP contribution in [0.2, 0.25) is 0 Å². The minimum absolute atomic E-state index is 0. The molecule has 25 heteroatoms. The van der Waals surface area contributed by atoms with Crippen LogP contribution in [-0.4, -0.2) is 122 Å². The average Bonchev–Trinajstić information content (AvgIpc) is 3.84. The number of nitrogens with one attached hydrogen (secondary N) is 8. The third kappa shape index (κ3) is 7.72. The fourth-order valence-corrected chi connectivity index (χ4v) is 20.7. The van der Waals surface area contributed by atoms with Gasteiger partial charge in [0.1, 0.15) is 21.0 Å². The van der Waals surface area contributed by atoms with Gasteiger partial charge >= 0.3 is 0 Å². The summed E-state index contributed by atoms with van der Waals surface area (Å²) in [4.78, 5) is 0. The van der Waals surface area contributed by atoms with Gasteiger partial charge in [0.2, 0.25) is 0 Å². The quantitative estimate of drug-likeness (QED) is 0.108. The molecule has 4 saturated carbocycles. The second-order valence-electron chi connectivity index (χ2n) is 18.1. The predicted molar refractivity (Wildman–Crippen MR) is 200 cm³/mol. The first-order valence-corrected chi connectivity index (χ1v) is 26.3. The molecule has 0 aromatic rings. The molecule has 9 aliphatic rings. The van der Waals surface area contributed by atoms with Crippen molar-refractivity contribution in [3.8, 4) is 0 Å². The van der Waals surface area contributed by atoms with E-state index in [4.69, 9.17) is 0 Å². The first-order chi connectivity index (χ1) is 26.3. The second-order valence-corrected chi connectivity index (χ2v) is 24.4. The van der Waals surface area contributed by atoms with Crippen LogP contribution in [0.5, 0.6) is 0 Å². The Balaban J connectivity index is 0.00000455. The molecule has 5 aliphatic heterocycles. The van der Waals surface area contributed by atoms with Gasteiger partial charge in [0, 0.05) is 28.9 Å². The average molecular weight is 929 g/mol. The smallest absolute Gasteiger partial charge is 0.270 e. The zero-order chi connectivity index (χ0) is 39.7. The van der Waals surface area contributed by atoms with E-state index in [-0.39, 0.29) is 65.4 Å². The Bertz CT molecular complexity index is 1850. The normalized spacial score (nSPS) is 50.2. The molecule has 5 saturated heterocycles. The Morgan fingerprint density at radius 2 is 0.474 bits per heavy atom. The van der Waals surface area contributed by atoms with Crippen LogP contribution in [0.15, 0.2) is 0 Å². The minimum Gasteiger partial charge on any atom is -0.286 e. The summed E-state index contributed by atoms with van der Waals surface area (Å²) in [6.07, 6.45) is 7.44. The van der Waals surface area contributed by atoms with Gasteiger partial charge in [0.05, 0.1) is 49.3 Å². The summed E-state index contributed by atoms with van der Waals surface area (Å²) in [6.45, 7) is 0. The fourth-order valence-electron chi connectivity index (χ4n) is 13.4. The molecule has 0 radical (unpaired) electrons. The summed E-state index contributed by atoms with van der Waals surface area (Å²) in [5.74, 6) is -2.57. The van der Waals surface area contributed by atoms with E-state index in [0.29, 0.717) is 11.8 Å². The van der Waals surface area contributed by atoms with E-state index >= 15 is 0 Å². The summed E-state index contributed by atoms with van der Waals surface area (Å²) in [7, 11) is -23.0. The zero-order valence-electron chi connectivity index (χ0n) is 31.1. The van der Waals surface area contributed by atoms with Crippen LogP contribution >= 0.6 is 0 Å². The molecule has 20 nitrogen and oxygen atoms in total. The summed E-state index contributed by atoms with van der Waals surface area (Å²) < 4.78 is 149. The van der Waals surface area contributed by atoms with Crippen molar-refractivity contribution in [2.75, 3.05) is 0 Å². The van der Waals surface area contributed by atoms with E-state index in [1.54, 1.807) is 0 Å². The van der Waals surface area contributed by atoms with E-state index in [9.17, 15) is 51.9 Å². The van der Waals surface area contributed by atoms with Crippen LogP contribution in [0, 0.1) is 47.3 Å². The van der Waals surface area contributed by atoms with Crippen molar-refractivity contribution < 1.29 is 69.0 Å². The molecule has 12 N–H and O–H groups in total. The number of hydrogen-bond acceptors (Lipinski definition) is 16. The monoisotopic (exact) mass is 928 g/mol. The molecule has 0 aromatic carbocycles. The van der Waals surface area contributed by atoms with Crippen LogP contribution in [0.4, 0.5) is 0 Å². The largest absolute Gasteiger partial charge is 0.286 e. The first kappa shape index (κ1) is 43.5. The van der Waals surface area contributed by atoms with Gasteiger partial charge in [-0.1, -0.05) is 38.5 Å². The van der Waals surface area contributed by atoms with Gasteiger partial charge in [-0.05, 0) is 74.0 Å². The van der Waals surface area contributed by atoms with Crippen molar-refractivity contribution in [3.05, 3.63) is 0 Å². The van der Waals surface area contributed by atoms with Crippen molar-refractivity contribution in [1.29, 1.82) is 0 Å². The fraction of sp³-hybridized carbons (Fsp3) is 1.00. The third-order valence-electron chi connectivity index (χ3n) is 15.4. The summed E-state index contributed by atoms with van der Waals surface area (Å²) >= 11 is 0. The SMILES string of the molecule is O=S(=O)(O)C1C2C3NC4NC(NC5NC(NC6NC(NC(N3)C2C(S(=O)(=O)O)C(S(=O)(=O)O)C1S(=O)(=O)O)C1CCCCC61)C1CCCCC51)C1CCCCC41.[Fe]. The summed E-state index contributed by atoms with van der Waals surface area (Å²) in [6, 6.07) is 0. The van der Waals surface area contributed by atoms with Crippen LogP contribution in [0.25, 0.3) is 0 Å². The molecule has 20 atom stereocenters. The molecule has 328 valence electrons. The van der Waals surface area contributed by atoms with Gasteiger partial charge in [-0.2, -0.15) is 33.7 Å². The molecule has 8 bridgehead atoms. The Morgan fingerprint density at radius 3 is 0.667 bits per heavy atom. The molecule has 4 aliphatic carbocycles. The predicted octanol–water partition coefficient (Wildman–Crippen LogP) is -1.93. The van der Waals surface area contributed by atoms with E-state index in [0.717, 1.165) is 77.0 Å². The van der Waals surface area contributed by atoms with E-state index < -0.39 is 98.0 Å². The molecule has 57 heavy (non-hydrogen) atoms. The maximum absolute atomic E-state index is 13.4. The van der Waals surface area contributed by atoms with Gasteiger partial charge in [0.25, 0.3) is 40.5 Å². The molecule has 9 rings (SSSR count). The zero-order valence-corrected chi connectivity index (χ0v) is 35.4. The molecular weight excluding hydrogens is 873 g/mol. The van der Waals surface area contributed by atoms with Gasteiger partial charge < -0.3 is 0 Å². The Labute approximate surface area is 345 Å². The van der Waals surface area contributed by atoms with Crippen LogP contribution in [0.1, 0.15) is 77.0 Å². The van der Waals surface area contributed by atoms with Crippen LogP contribution in [0.3, 0.4) is 0 Å². The van der Waals surface area contributed by atoms with Gasteiger partial charge in [-0.15, -0.1) is 0 Å². The third-order valence-corrected chi connectivity index (χ3v) is 21.0. The van der Waals surface area contributed by atoms with Gasteiger partial charge in [-0.25, -0.2) is 0 Å². The molecule has 0 aromatic heterocycles. The van der Waals surface area contributed by atoms with Crippen LogP contribution < -0.4 is 42.5 Å². The Hall–Kier alpha value is -0.161. The maximum atomic E-state index is 13.4. The van der Waals surface area contributed by atoms with Gasteiger partial charge in [0.15, 0.2) is 0 Å². The van der Waals surface area contributed by atoms with Crippen molar-refractivity contribution in [3.63, 3.8) is 0 Å². The Kier molecular flexibility index (Phi) is 11.9. The summed E-state index contributed by atoms with van der Waals surface area (Å²) in [5.41, 5.74) is 0. The topological polar surface area (TPSA) is 314 Å². The number of rotatable bonds is 4. The number of hydrogen-bond donors (Lipinski definition) is 12. The van der Waals surface area contributed by atoms with Crippen molar-refractivity contribution in [2.45, 2.75) is 147 Å². The van der Waals surface area contributed by atoms with Crippen molar-refractivity contribution in [1.82, 2.24) is 42.5 Å². The molecule has 0 spiro atoms. The van der Waals surface area contributed by atoms with Crippen molar-refractivity contribution in [2.24, 2.45) is 47.3 Å². The molecule has 20 unspecified atom stereocenters. The Morgan fingerprint density at radius 1 is 0.298 bits per heavy atom. The van der Waals surface area contributed by atoms with Crippen LogP contribution in [-0.2, 0) is 57.5 Å². The molecule has 9 fully saturated rings. The van der Waals surface area contributed by atoms with E-state index in [2.05, 4.69) is 42.5 Å². The number of fused-ring (bicyclic) bond motifs is 20. The van der Waals surface area contributed by atoms with Crippen molar-refractivity contribution >= 4 is 40.5 Å². The van der Waals surface area contributed by atoms with E-state index in [1.165, 1.54) is 0 Å². The second kappa shape index (κ2) is 15.6. The maximum Gasteiger partial charge on any atom is 0.270 e. The van der Waals surface area contributed by atoms with Gasteiger partial charge in [-0.3, -0.25) is 60.7 Å². The summed E-state index contributed by atoms with van der Waals surface area (Å²) in [5, 5.41) is 17.7.